The number of urea groups is 1. The standard InChI is InChI=1S/C23H26FN3O4S/c24-21-16-26(22(28)25-20-15-19(20)17-7-3-1-4-8-17)12-11-23(21)27(13-14-31-23)32(29,30)18-9-5-2-6-10-18/h1-10,19-21H,11-16H2,(H,25,28)/t19-,20+,21?,23?/m0/s1. The third-order valence-corrected chi connectivity index (χ3v) is 8.56. The summed E-state index contributed by atoms with van der Waals surface area (Å²) in [5, 5.41) is 2.99. The lowest BCUT2D eigenvalue weighted by molar-refractivity contribution is -0.135. The van der Waals surface area contributed by atoms with Crippen molar-refractivity contribution in [2.24, 2.45) is 0 Å². The van der Waals surface area contributed by atoms with Crippen LogP contribution < -0.4 is 5.32 Å². The first-order valence-electron chi connectivity index (χ1n) is 10.9. The van der Waals surface area contributed by atoms with E-state index < -0.39 is 21.9 Å². The van der Waals surface area contributed by atoms with Gasteiger partial charge in [0, 0.05) is 31.5 Å². The number of piperidine rings is 1. The fourth-order valence-corrected chi connectivity index (χ4v) is 6.53. The maximum Gasteiger partial charge on any atom is 0.317 e. The molecule has 2 unspecified atom stereocenters. The van der Waals surface area contributed by atoms with Crippen molar-refractivity contribution >= 4 is 16.1 Å². The number of halogens is 1. The molecule has 7 nitrogen and oxygen atoms in total. The Labute approximate surface area is 187 Å². The number of ether oxygens (including phenoxy) is 1. The Bertz CT molecular complexity index is 1080. The summed E-state index contributed by atoms with van der Waals surface area (Å²) in [5.41, 5.74) is -0.391. The average Bonchev–Trinajstić information content (AvgIpc) is 3.44. The fraction of sp³-hybridized carbons (Fsp3) is 0.435. The largest absolute Gasteiger partial charge is 0.355 e. The molecule has 2 amide bonds. The molecule has 1 aliphatic carbocycles. The number of alkyl halides is 1. The van der Waals surface area contributed by atoms with Crippen molar-refractivity contribution in [3.8, 4) is 0 Å². The summed E-state index contributed by atoms with van der Waals surface area (Å²) >= 11 is 0. The number of likely N-dealkylation sites (tertiary alicyclic amines) is 1. The number of hydrogen-bond donors (Lipinski definition) is 1. The van der Waals surface area contributed by atoms with Gasteiger partial charge in [0.15, 0.2) is 11.9 Å². The molecule has 1 N–H and O–H groups in total. The number of hydrogen-bond acceptors (Lipinski definition) is 4. The van der Waals surface area contributed by atoms with Gasteiger partial charge in [-0.3, -0.25) is 0 Å². The number of rotatable bonds is 4. The van der Waals surface area contributed by atoms with Crippen molar-refractivity contribution in [3.63, 3.8) is 0 Å². The molecule has 5 rings (SSSR count). The summed E-state index contributed by atoms with van der Waals surface area (Å²) in [5.74, 6) is 0.280. The van der Waals surface area contributed by atoms with E-state index in [-0.39, 0.29) is 55.5 Å². The molecule has 2 heterocycles. The minimum Gasteiger partial charge on any atom is -0.355 e. The van der Waals surface area contributed by atoms with Crippen LogP contribution in [-0.4, -0.2) is 67.8 Å². The van der Waals surface area contributed by atoms with E-state index in [1.165, 1.54) is 22.6 Å². The van der Waals surface area contributed by atoms with Crippen molar-refractivity contribution < 1.29 is 22.3 Å². The molecule has 9 heteroatoms. The second-order valence-electron chi connectivity index (χ2n) is 8.56. The van der Waals surface area contributed by atoms with Gasteiger partial charge >= 0.3 is 6.03 Å². The Kier molecular flexibility index (Phi) is 5.43. The van der Waals surface area contributed by atoms with Crippen LogP contribution in [0.5, 0.6) is 0 Å². The average molecular weight is 460 g/mol. The second-order valence-corrected chi connectivity index (χ2v) is 10.4. The molecule has 3 fully saturated rings. The number of nitrogens with one attached hydrogen (secondary N) is 1. The fourth-order valence-electron chi connectivity index (χ4n) is 4.79. The van der Waals surface area contributed by atoms with Crippen LogP contribution in [0.4, 0.5) is 9.18 Å². The summed E-state index contributed by atoms with van der Waals surface area (Å²) in [7, 11) is -3.92. The van der Waals surface area contributed by atoms with E-state index in [0.29, 0.717) is 0 Å². The van der Waals surface area contributed by atoms with Gasteiger partial charge in [-0.05, 0) is 24.1 Å². The molecule has 32 heavy (non-hydrogen) atoms. The Morgan fingerprint density at radius 2 is 1.75 bits per heavy atom. The van der Waals surface area contributed by atoms with Gasteiger partial charge in [0.05, 0.1) is 18.0 Å². The van der Waals surface area contributed by atoms with E-state index >= 15 is 4.39 Å². The van der Waals surface area contributed by atoms with Gasteiger partial charge in [-0.15, -0.1) is 0 Å². The molecule has 2 aliphatic heterocycles. The van der Waals surface area contributed by atoms with Crippen molar-refractivity contribution in [2.75, 3.05) is 26.2 Å². The number of nitrogens with zero attached hydrogens (tertiary/aromatic N) is 2. The SMILES string of the molecule is O=C(N[C@@H]1C[C@H]1c1ccccc1)N1CCC2(OCCN2S(=O)(=O)c2ccccc2)C(F)C1. The lowest BCUT2D eigenvalue weighted by atomic mass is 9.99. The molecular weight excluding hydrogens is 433 g/mol. The van der Waals surface area contributed by atoms with Gasteiger partial charge in [0.1, 0.15) is 0 Å². The van der Waals surface area contributed by atoms with Gasteiger partial charge in [0.25, 0.3) is 0 Å². The topological polar surface area (TPSA) is 79.0 Å². The lowest BCUT2D eigenvalue weighted by Crippen LogP contribution is -2.63. The first kappa shape index (κ1) is 21.4. The Morgan fingerprint density at radius 1 is 1.06 bits per heavy atom. The lowest BCUT2D eigenvalue weighted by Gasteiger charge is -2.44. The van der Waals surface area contributed by atoms with Crippen LogP contribution in [0.15, 0.2) is 65.6 Å². The predicted octanol–water partition coefficient (Wildman–Crippen LogP) is 2.71. The zero-order valence-electron chi connectivity index (χ0n) is 17.6. The van der Waals surface area contributed by atoms with Gasteiger partial charge in [-0.2, -0.15) is 4.31 Å². The molecule has 170 valence electrons. The minimum atomic E-state index is -3.92. The van der Waals surface area contributed by atoms with E-state index in [9.17, 15) is 13.2 Å². The number of benzene rings is 2. The van der Waals surface area contributed by atoms with Crippen LogP contribution in [0.2, 0.25) is 0 Å². The van der Waals surface area contributed by atoms with Gasteiger partial charge in [-0.1, -0.05) is 48.5 Å². The molecular formula is C23H26FN3O4S. The van der Waals surface area contributed by atoms with Crippen LogP contribution in [0.1, 0.15) is 24.3 Å². The molecule has 0 aromatic heterocycles. The highest BCUT2D eigenvalue weighted by Gasteiger charge is 2.57. The van der Waals surface area contributed by atoms with E-state index in [0.717, 1.165) is 10.7 Å². The van der Waals surface area contributed by atoms with Crippen LogP contribution in [-0.2, 0) is 14.8 Å². The highest BCUT2D eigenvalue weighted by Crippen LogP contribution is 2.42. The summed E-state index contributed by atoms with van der Waals surface area (Å²) < 4.78 is 48.7. The van der Waals surface area contributed by atoms with Crippen molar-refractivity contribution in [1.29, 1.82) is 0 Å². The maximum atomic E-state index is 15.5. The molecule has 1 saturated carbocycles. The first-order chi connectivity index (χ1) is 15.4. The zero-order chi connectivity index (χ0) is 22.3. The molecule has 2 saturated heterocycles. The van der Waals surface area contributed by atoms with Crippen molar-refractivity contribution in [2.45, 2.75) is 41.6 Å². The van der Waals surface area contributed by atoms with E-state index in [2.05, 4.69) is 5.32 Å². The molecule has 3 aliphatic rings. The molecule has 0 bridgehead atoms. The third-order valence-electron chi connectivity index (χ3n) is 6.62. The Morgan fingerprint density at radius 3 is 2.44 bits per heavy atom. The normalized spacial score (nSPS) is 30.4. The Hall–Kier alpha value is -2.49. The molecule has 2 aromatic rings. The number of amides is 2. The van der Waals surface area contributed by atoms with Crippen LogP contribution in [0.3, 0.4) is 0 Å². The van der Waals surface area contributed by atoms with Crippen LogP contribution >= 0.6 is 0 Å². The number of carbonyl (C=O) groups is 1. The highest BCUT2D eigenvalue weighted by atomic mass is 32.2. The summed E-state index contributed by atoms with van der Waals surface area (Å²) in [6, 6.07) is 17.7. The summed E-state index contributed by atoms with van der Waals surface area (Å²) in [6.45, 7) is 0.218. The number of carbonyl (C=O) groups excluding carboxylic acids is 1. The molecule has 1 spiro atoms. The quantitative estimate of drug-likeness (QED) is 0.763. The molecule has 2 aromatic carbocycles. The maximum absolute atomic E-state index is 15.5. The third kappa shape index (κ3) is 3.68. The number of sulfonamides is 1. The van der Waals surface area contributed by atoms with Gasteiger partial charge < -0.3 is 15.0 Å². The van der Waals surface area contributed by atoms with E-state index in [1.54, 1.807) is 18.2 Å². The van der Waals surface area contributed by atoms with Gasteiger partial charge in [-0.25, -0.2) is 17.6 Å². The molecule has 4 atom stereocenters. The molecule has 0 radical (unpaired) electrons. The van der Waals surface area contributed by atoms with Gasteiger partial charge in [0.2, 0.25) is 10.0 Å². The van der Waals surface area contributed by atoms with E-state index in [1.807, 2.05) is 30.3 Å². The first-order valence-corrected chi connectivity index (χ1v) is 12.3. The van der Waals surface area contributed by atoms with E-state index in [4.69, 9.17) is 4.74 Å². The van der Waals surface area contributed by atoms with Crippen LogP contribution in [0.25, 0.3) is 0 Å². The monoisotopic (exact) mass is 459 g/mol. The zero-order valence-corrected chi connectivity index (χ0v) is 18.4. The van der Waals surface area contributed by atoms with Crippen molar-refractivity contribution in [1.82, 2.24) is 14.5 Å². The second kappa shape index (κ2) is 8.13. The van der Waals surface area contributed by atoms with Crippen LogP contribution in [0, 0.1) is 0 Å². The van der Waals surface area contributed by atoms with Crippen molar-refractivity contribution in [3.05, 3.63) is 66.2 Å². The minimum absolute atomic E-state index is 0.0385. The smallest absolute Gasteiger partial charge is 0.317 e. The summed E-state index contributed by atoms with van der Waals surface area (Å²) in [4.78, 5) is 14.3. The highest BCUT2D eigenvalue weighted by molar-refractivity contribution is 7.89. The predicted molar refractivity (Wildman–Crippen MR) is 116 cm³/mol. The Balaban J connectivity index is 1.25. The summed E-state index contributed by atoms with van der Waals surface area (Å²) in [6.07, 6.45) is -0.703.